The predicted octanol–water partition coefficient (Wildman–Crippen LogP) is 4.43. The van der Waals surface area contributed by atoms with Crippen molar-refractivity contribution in [3.8, 4) is 0 Å². The van der Waals surface area contributed by atoms with Crippen LogP contribution in [-0.4, -0.2) is 47.4 Å². The fourth-order valence-corrected chi connectivity index (χ4v) is 7.13. The minimum Gasteiger partial charge on any atom is -0.338 e. The van der Waals surface area contributed by atoms with E-state index in [4.69, 9.17) is 5.73 Å². The van der Waals surface area contributed by atoms with Gasteiger partial charge in [-0.05, 0) is 67.7 Å². The Morgan fingerprint density at radius 1 is 0.933 bits per heavy atom. The van der Waals surface area contributed by atoms with E-state index >= 15 is 0 Å². The second kappa shape index (κ2) is 9.00. The first-order chi connectivity index (χ1) is 14.7. The van der Waals surface area contributed by atoms with E-state index in [-0.39, 0.29) is 5.91 Å². The molecule has 3 heterocycles. The number of benzene rings is 1. The lowest BCUT2D eigenvalue weighted by molar-refractivity contribution is -0.0725. The maximum atomic E-state index is 13.4. The van der Waals surface area contributed by atoms with Crippen molar-refractivity contribution >= 4 is 5.91 Å². The summed E-state index contributed by atoms with van der Waals surface area (Å²) in [4.78, 5) is 18.5. The highest BCUT2D eigenvalue weighted by Crippen LogP contribution is 2.44. The van der Waals surface area contributed by atoms with Gasteiger partial charge in [-0.15, -0.1) is 0 Å². The molecule has 164 valence electrons. The molecule has 4 fully saturated rings. The number of carbonyl (C=O) groups is 1. The second-order valence-corrected chi connectivity index (χ2v) is 10.5. The van der Waals surface area contributed by atoms with Crippen molar-refractivity contribution in [2.75, 3.05) is 19.6 Å². The highest BCUT2D eigenvalue weighted by atomic mass is 16.2. The number of piperidine rings is 3. The summed E-state index contributed by atoms with van der Waals surface area (Å²) >= 11 is 0. The molecule has 0 unspecified atom stereocenters. The number of amides is 1. The van der Waals surface area contributed by atoms with Gasteiger partial charge in [-0.2, -0.15) is 0 Å². The Balaban J connectivity index is 1.34. The highest BCUT2D eigenvalue weighted by molar-refractivity contribution is 5.94. The first-order valence-electron chi connectivity index (χ1n) is 12.6. The van der Waals surface area contributed by atoms with Crippen LogP contribution in [0.1, 0.15) is 80.1 Å². The molecule has 4 heteroatoms. The molecule has 5 rings (SSSR count). The number of nitrogens with zero attached hydrogens (tertiary/aromatic N) is 2. The number of likely N-dealkylation sites (tertiary alicyclic amines) is 1. The number of carbonyl (C=O) groups excluding carboxylic acids is 1. The smallest absolute Gasteiger partial charge is 0.253 e. The molecule has 0 spiro atoms. The molecule has 1 amide bonds. The molecule has 0 radical (unpaired) electrons. The Hall–Kier alpha value is -1.39. The first kappa shape index (κ1) is 20.5. The van der Waals surface area contributed by atoms with E-state index < -0.39 is 0 Å². The van der Waals surface area contributed by atoms with Gasteiger partial charge in [0, 0.05) is 37.3 Å². The minimum absolute atomic E-state index is 0.231. The maximum absolute atomic E-state index is 13.4. The molecule has 1 saturated carbocycles. The number of hydrogen-bond donors (Lipinski definition) is 1. The van der Waals surface area contributed by atoms with Crippen molar-refractivity contribution in [3.63, 3.8) is 0 Å². The fraction of sp³-hybridized carbons (Fsp3) is 0.731. The van der Waals surface area contributed by atoms with Gasteiger partial charge in [0.15, 0.2) is 0 Å². The van der Waals surface area contributed by atoms with Gasteiger partial charge >= 0.3 is 0 Å². The molecule has 0 aromatic heterocycles. The van der Waals surface area contributed by atoms with Crippen LogP contribution < -0.4 is 5.73 Å². The normalized spacial score (nSPS) is 32.6. The molecule has 1 aromatic carbocycles. The van der Waals surface area contributed by atoms with Crippen LogP contribution in [0.4, 0.5) is 0 Å². The zero-order valence-corrected chi connectivity index (χ0v) is 18.5. The number of nitrogens with two attached hydrogens (primary N) is 1. The number of hydrogen-bond acceptors (Lipinski definition) is 3. The zero-order valence-electron chi connectivity index (χ0n) is 18.5. The van der Waals surface area contributed by atoms with Gasteiger partial charge in [-0.25, -0.2) is 0 Å². The van der Waals surface area contributed by atoms with Crippen LogP contribution in [0.15, 0.2) is 24.3 Å². The topological polar surface area (TPSA) is 49.6 Å². The van der Waals surface area contributed by atoms with Crippen LogP contribution in [0.2, 0.25) is 0 Å². The number of rotatable bonds is 4. The molecule has 1 aliphatic carbocycles. The third kappa shape index (κ3) is 4.05. The summed E-state index contributed by atoms with van der Waals surface area (Å²) < 4.78 is 0. The average molecular weight is 410 g/mol. The van der Waals surface area contributed by atoms with Crippen LogP contribution >= 0.6 is 0 Å². The van der Waals surface area contributed by atoms with Crippen LogP contribution in [0, 0.1) is 17.8 Å². The van der Waals surface area contributed by atoms with Gasteiger partial charge in [0.25, 0.3) is 5.91 Å². The van der Waals surface area contributed by atoms with Crippen LogP contribution in [0.25, 0.3) is 0 Å². The Kier molecular flexibility index (Phi) is 6.15. The summed E-state index contributed by atoms with van der Waals surface area (Å²) in [5.41, 5.74) is 7.66. The third-order valence-electron chi connectivity index (χ3n) is 8.65. The molecule has 2 bridgehead atoms. The van der Waals surface area contributed by atoms with Crippen molar-refractivity contribution in [1.29, 1.82) is 0 Å². The lowest BCUT2D eigenvalue weighted by Gasteiger charge is -2.57. The van der Waals surface area contributed by atoms with E-state index in [9.17, 15) is 4.79 Å². The quantitative estimate of drug-likeness (QED) is 0.800. The van der Waals surface area contributed by atoms with Gasteiger partial charge in [0.05, 0.1) is 0 Å². The van der Waals surface area contributed by atoms with Gasteiger partial charge < -0.3 is 10.6 Å². The average Bonchev–Trinajstić information content (AvgIpc) is 2.82. The summed E-state index contributed by atoms with van der Waals surface area (Å²) in [6, 6.07) is 9.37. The molecular weight excluding hydrogens is 370 g/mol. The van der Waals surface area contributed by atoms with E-state index in [1.54, 1.807) is 0 Å². The molecule has 3 saturated heterocycles. The molecule has 4 aliphatic rings. The summed E-state index contributed by atoms with van der Waals surface area (Å²) in [7, 11) is 0. The standard InChI is InChI=1S/C26H39N3O/c27-16-20-9-11-21(12-10-20)26(30)28-17-22-15-23(18-28)25(14-19-6-2-1-3-7-19)29-13-5-4-8-24(22)29/h9-12,19,22-25H,1-8,13-18,27H2/t22-,23+,24+,25+/m1/s1. The van der Waals surface area contributed by atoms with E-state index in [1.165, 1.54) is 70.8 Å². The van der Waals surface area contributed by atoms with Gasteiger partial charge in [-0.3, -0.25) is 9.69 Å². The highest BCUT2D eigenvalue weighted by Gasteiger charge is 2.48. The summed E-state index contributed by atoms with van der Waals surface area (Å²) in [5, 5.41) is 0. The number of fused-ring (bicyclic) bond motifs is 4. The van der Waals surface area contributed by atoms with E-state index in [0.717, 1.165) is 30.1 Å². The SMILES string of the molecule is NCc1ccc(C(=O)N2C[C@H]3C[C@@H](C2)[C@H](CC2CCCCC2)N2CCCC[C@@H]32)cc1. The Bertz CT molecular complexity index is 726. The Morgan fingerprint density at radius 2 is 1.67 bits per heavy atom. The van der Waals surface area contributed by atoms with Crippen LogP contribution in [-0.2, 0) is 6.54 Å². The molecular formula is C26H39N3O. The monoisotopic (exact) mass is 409 g/mol. The van der Waals surface area contributed by atoms with Gasteiger partial charge in [0.1, 0.15) is 0 Å². The lowest BCUT2D eigenvalue weighted by atomic mass is 9.69. The molecule has 4 nitrogen and oxygen atoms in total. The predicted molar refractivity (Wildman–Crippen MR) is 121 cm³/mol. The van der Waals surface area contributed by atoms with Crippen molar-refractivity contribution in [2.24, 2.45) is 23.5 Å². The largest absolute Gasteiger partial charge is 0.338 e. The van der Waals surface area contributed by atoms with Crippen molar-refractivity contribution in [3.05, 3.63) is 35.4 Å². The molecule has 4 atom stereocenters. The molecule has 1 aromatic rings. The van der Waals surface area contributed by atoms with Crippen molar-refractivity contribution in [1.82, 2.24) is 9.80 Å². The van der Waals surface area contributed by atoms with Crippen LogP contribution in [0.3, 0.4) is 0 Å². The molecule has 2 N–H and O–H groups in total. The minimum atomic E-state index is 0.231. The van der Waals surface area contributed by atoms with Crippen LogP contribution in [0.5, 0.6) is 0 Å². The van der Waals surface area contributed by atoms with E-state index in [0.29, 0.717) is 30.5 Å². The maximum Gasteiger partial charge on any atom is 0.253 e. The summed E-state index contributed by atoms with van der Waals surface area (Å²) in [5.74, 6) is 2.47. The fourth-order valence-electron chi connectivity index (χ4n) is 7.13. The second-order valence-electron chi connectivity index (χ2n) is 10.5. The van der Waals surface area contributed by atoms with Crippen molar-refractivity contribution in [2.45, 2.75) is 82.8 Å². The van der Waals surface area contributed by atoms with E-state index in [2.05, 4.69) is 9.80 Å². The molecule has 30 heavy (non-hydrogen) atoms. The molecule has 3 aliphatic heterocycles. The van der Waals surface area contributed by atoms with Crippen molar-refractivity contribution < 1.29 is 4.79 Å². The third-order valence-corrected chi connectivity index (χ3v) is 8.65. The zero-order chi connectivity index (χ0) is 20.5. The Labute approximate surface area is 182 Å². The lowest BCUT2D eigenvalue weighted by Crippen LogP contribution is -2.64. The summed E-state index contributed by atoms with van der Waals surface area (Å²) in [6.45, 7) is 3.73. The Morgan fingerprint density at radius 3 is 2.43 bits per heavy atom. The summed E-state index contributed by atoms with van der Waals surface area (Å²) in [6.07, 6.45) is 13.9. The first-order valence-corrected chi connectivity index (χ1v) is 12.6. The van der Waals surface area contributed by atoms with Gasteiger partial charge in [-0.1, -0.05) is 50.7 Å². The van der Waals surface area contributed by atoms with Gasteiger partial charge in [0.2, 0.25) is 0 Å². The van der Waals surface area contributed by atoms with E-state index in [1.807, 2.05) is 24.3 Å².